The van der Waals surface area contributed by atoms with Crippen molar-refractivity contribution in [2.45, 2.75) is 0 Å². The van der Waals surface area contributed by atoms with Crippen molar-refractivity contribution in [1.82, 2.24) is 18.9 Å². The number of hydrogen-bond donors (Lipinski definition) is 0. The lowest BCUT2D eigenvalue weighted by molar-refractivity contribution is 1.02. The van der Waals surface area contributed by atoms with Gasteiger partial charge in [0.25, 0.3) is 0 Å². The van der Waals surface area contributed by atoms with Gasteiger partial charge in [0, 0.05) is 53.4 Å². The van der Waals surface area contributed by atoms with Gasteiger partial charge in [0.2, 0.25) is 5.95 Å². The Morgan fingerprint density at radius 1 is 0.449 bits per heavy atom. The van der Waals surface area contributed by atoms with Crippen molar-refractivity contribution < 1.29 is 0 Å². The molecule has 7 aromatic carbocycles. The molecule has 0 aliphatic heterocycles. The quantitative estimate of drug-likeness (QED) is 0.188. The molecule has 5 heteroatoms. The molecule has 226 valence electrons. The Balaban J connectivity index is 1.28. The summed E-state index contributed by atoms with van der Waals surface area (Å²) in [5.74, 6) is 0.690. The molecule has 12 aromatic rings. The standard InChI is InChI=1S/C44H24N4S/c1-2-12-26-23-27(22-21-25(26)11-1)41-40-31-16-6-10-20-37(31)49-43(40)46-44(45-41)48-35-19-9-4-14-29(35)38-36(48)24-32-28-13-3-7-17-33(28)47-34-18-8-5-15-30(34)39(38)42(32)47/h1-24H. The third-order valence-corrected chi connectivity index (χ3v) is 11.5. The summed E-state index contributed by atoms with van der Waals surface area (Å²) >= 11 is 1.74. The average molecular weight is 641 g/mol. The number of rotatable bonds is 2. The monoisotopic (exact) mass is 640 g/mol. The minimum Gasteiger partial charge on any atom is -0.308 e. The minimum atomic E-state index is 0.690. The molecule has 5 heterocycles. The Morgan fingerprint density at radius 2 is 1.10 bits per heavy atom. The molecule has 49 heavy (non-hydrogen) atoms. The van der Waals surface area contributed by atoms with Gasteiger partial charge in [0.05, 0.1) is 33.3 Å². The minimum absolute atomic E-state index is 0.690. The smallest absolute Gasteiger partial charge is 0.236 e. The van der Waals surface area contributed by atoms with Gasteiger partial charge < -0.3 is 4.40 Å². The molecular formula is C44H24N4S. The largest absolute Gasteiger partial charge is 0.308 e. The van der Waals surface area contributed by atoms with Gasteiger partial charge in [-0.25, -0.2) is 9.97 Å². The number of hydrogen-bond acceptors (Lipinski definition) is 3. The predicted octanol–water partition coefficient (Wildman–Crippen LogP) is 11.9. The summed E-state index contributed by atoms with van der Waals surface area (Å²) in [5.41, 5.74) is 8.01. The maximum absolute atomic E-state index is 5.54. The molecule has 0 amide bonds. The van der Waals surface area contributed by atoms with E-state index in [2.05, 4.69) is 155 Å². The summed E-state index contributed by atoms with van der Waals surface area (Å²) in [6.07, 6.45) is 0. The van der Waals surface area contributed by atoms with E-state index in [9.17, 15) is 0 Å². The van der Waals surface area contributed by atoms with Crippen LogP contribution in [0.5, 0.6) is 0 Å². The predicted molar refractivity (Wildman–Crippen MR) is 207 cm³/mol. The van der Waals surface area contributed by atoms with Crippen molar-refractivity contribution in [3.05, 3.63) is 146 Å². The summed E-state index contributed by atoms with van der Waals surface area (Å²) in [5, 5.41) is 12.2. The van der Waals surface area contributed by atoms with E-state index in [4.69, 9.17) is 9.97 Å². The van der Waals surface area contributed by atoms with Gasteiger partial charge in [-0.15, -0.1) is 11.3 Å². The van der Waals surface area contributed by atoms with E-state index in [1.165, 1.54) is 69.7 Å². The number of benzene rings is 7. The average Bonchev–Trinajstić information content (AvgIpc) is 3.89. The van der Waals surface area contributed by atoms with Crippen molar-refractivity contribution >= 4 is 102 Å². The Bertz CT molecular complexity index is 3340. The molecule has 0 unspecified atom stereocenters. The molecule has 0 saturated carbocycles. The maximum atomic E-state index is 5.54. The van der Waals surface area contributed by atoms with Crippen LogP contribution in [-0.2, 0) is 0 Å². The van der Waals surface area contributed by atoms with Crippen LogP contribution in [0.3, 0.4) is 0 Å². The van der Waals surface area contributed by atoms with Crippen molar-refractivity contribution in [1.29, 1.82) is 0 Å². The van der Waals surface area contributed by atoms with Gasteiger partial charge in [0.15, 0.2) is 0 Å². The molecule has 0 radical (unpaired) electrons. The Labute approximate surface area is 283 Å². The SMILES string of the molecule is c1ccc2cc(-c3nc(-n4c5ccccc5c5c6c7ccccc7n7c8ccccc8c(cc54)c67)nc4sc5ccccc5c34)ccc2c1. The van der Waals surface area contributed by atoms with Crippen LogP contribution in [0.25, 0.3) is 108 Å². The lowest BCUT2D eigenvalue weighted by Gasteiger charge is -2.11. The molecule has 5 aromatic heterocycles. The number of fused-ring (bicyclic) bond motifs is 14. The normalized spacial score (nSPS) is 12.5. The third kappa shape index (κ3) is 3.27. The molecule has 0 N–H and O–H groups in total. The number of para-hydroxylation sites is 3. The van der Waals surface area contributed by atoms with E-state index in [0.29, 0.717) is 5.95 Å². The zero-order valence-corrected chi connectivity index (χ0v) is 26.9. The van der Waals surface area contributed by atoms with Crippen molar-refractivity contribution in [2.24, 2.45) is 0 Å². The fraction of sp³-hybridized carbons (Fsp3) is 0. The molecule has 0 atom stereocenters. The van der Waals surface area contributed by atoms with Crippen LogP contribution in [-0.4, -0.2) is 18.9 Å². The van der Waals surface area contributed by atoms with Crippen LogP contribution in [0.2, 0.25) is 0 Å². The second-order valence-corrected chi connectivity index (χ2v) is 14.0. The number of aromatic nitrogens is 4. The summed E-state index contributed by atoms with van der Waals surface area (Å²) in [7, 11) is 0. The Hall–Kier alpha value is -6.30. The fourth-order valence-electron chi connectivity index (χ4n) is 8.44. The molecule has 12 rings (SSSR count). The van der Waals surface area contributed by atoms with E-state index in [1.54, 1.807) is 11.3 Å². The van der Waals surface area contributed by atoms with Crippen molar-refractivity contribution in [3.63, 3.8) is 0 Å². The van der Waals surface area contributed by atoms with Gasteiger partial charge >= 0.3 is 0 Å². The number of nitrogens with zero attached hydrogens (tertiary/aromatic N) is 4. The zero-order chi connectivity index (χ0) is 31.8. The van der Waals surface area contributed by atoms with Crippen LogP contribution in [0.1, 0.15) is 0 Å². The first-order chi connectivity index (χ1) is 24.3. The van der Waals surface area contributed by atoms with Gasteiger partial charge in [-0.1, -0.05) is 109 Å². The zero-order valence-electron chi connectivity index (χ0n) is 26.1. The van der Waals surface area contributed by atoms with Gasteiger partial charge in [-0.05, 0) is 47.2 Å². The van der Waals surface area contributed by atoms with Crippen LogP contribution in [0.15, 0.2) is 146 Å². The molecule has 4 nitrogen and oxygen atoms in total. The van der Waals surface area contributed by atoms with Crippen LogP contribution in [0, 0.1) is 0 Å². The van der Waals surface area contributed by atoms with Crippen LogP contribution in [0.4, 0.5) is 0 Å². The highest BCUT2D eigenvalue weighted by molar-refractivity contribution is 7.25. The van der Waals surface area contributed by atoms with Crippen LogP contribution < -0.4 is 0 Å². The van der Waals surface area contributed by atoms with E-state index in [0.717, 1.165) is 32.5 Å². The highest BCUT2D eigenvalue weighted by Gasteiger charge is 2.25. The molecule has 0 bridgehead atoms. The number of thiophene rings is 1. The Kier molecular flexibility index (Phi) is 4.83. The summed E-state index contributed by atoms with van der Waals surface area (Å²) in [6.45, 7) is 0. The highest BCUT2D eigenvalue weighted by Crippen LogP contribution is 2.47. The first-order valence-electron chi connectivity index (χ1n) is 16.6. The molecule has 0 fully saturated rings. The second-order valence-electron chi connectivity index (χ2n) is 13.0. The second kappa shape index (κ2) is 9.19. The molecular weight excluding hydrogens is 617 g/mol. The highest BCUT2D eigenvalue weighted by atomic mass is 32.1. The third-order valence-electron chi connectivity index (χ3n) is 10.5. The van der Waals surface area contributed by atoms with Gasteiger partial charge in [0.1, 0.15) is 4.83 Å². The molecule has 0 saturated heterocycles. The molecule has 0 aliphatic rings. The molecule has 0 spiro atoms. The molecule has 0 aliphatic carbocycles. The first kappa shape index (κ1) is 25.7. The van der Waals surface area contributed by atoms with Gasteiger partial charge in [-0.2, -0.15) is 0 Å². The van der Waals surface area contributed by atoms with E-state index < -0.39 is 0 Å². The lowest BCUT2D eigenvalue weighted by Crippen LogP contribution is -2.02. The summed E-state index contributed by atoms with van der Waals surface area (Å²) < 4.78 is 5.98. The van der Waals surface area contributed by atoms with Crippen LogP contribution >= 0.6 is 11.3 Å². The van der Waals surface area contributed by atoms with E-state index in [-0.39, 0.29) is 0 Å². The Morgan fingerprint density at radius 3 is 1.94 bits per heavy atom. The summed E-state index contributed by atoms with van der Waals surface area (Å²) in [6, 6.07) is 52.6. The van der Waals surface area contributed by atoms with E-state index >= 15 is 0 Å². The topological polar surface area (TPSA) is 35.1 Å². The first-order valence-corrected chi connectivity index (χ1v) is 17.4. The fourth-order valence-corrected chi connectivity index (χ4v) is 9.51. The van der Waals surface area contributed by atoms with Gasteiger partial charge in [-0.3, -0.25) is 4.57 Å². The van der Waals surface area contributed by atoms with Crippen molar-refractivity contribution in [3.8, 4) is 17.2 Å². The lowest BCUT2D eigenvalue weighted by atomic mass is 10.0. The van der Waals surface area contributed by atoms with Crippen molar-refractivity contribution in [2.75, 3.05) is 0 Å². The summed E-state index contributed by atoms with van der Waals surface area (Å²) in [4.78, 5) is 11.9. The van der Waals surface area contributed by atoms with E-state index in [1.807, 2.05) is 0 Å². The maximum Gasteiger partial charge on any atom is 0.236 e.